The van der Waals surface area contributed by atoms with Gasteiger partial charge in [-0.15, -0.1) is 0 Å². The first-order valence-electron chi connectivity index (χ1n) is 6.84. The van der Waals surface area contributed by atoms with Gasteiger partial charge in [-0.3, -0.25) is 4.79 Å². The molecule has 112 valence electrons. The predicted octanol–water partition coefficient (Wildman–Crippen LogP) is 1.04. The van der Waals surface area contributed by atoms with Gasteiger partial charge in [-0.05, 0) is 12.5 Å². The van der Waals surface area contributed by atoms with Crippen LogP contribution in [-0.2, 0) is 14.6 Å². The maximum atomic E-state index is 12.6. The van der Waals surface area contributed by atoms with Crippen molar-refractivity contribution in [1.82, 2.24) is 0 Å². The number of hydrogen-bond acceptors (Lipinski definition) is 5. The van der Waals surface area contributed by atoms with Gasteiger partial charge in [0.15, 0.2) is 9.84 Å². The molecule has 1 fully saturated rings. The summed E-state index contributed by atoms with van der Waals surface area (Å²) in [7, 11) is -3.08. The highest BCUT2D eigenvalue weighted by Crippen LogP contribution is 2.30. The lowest BCUT2D eigenvalue weighted by Gasteiger charge is -2.31. The summed E-state index contributed by atoms with van der Waals surface area (Å²) >= 11 is 0. The molecule has 1 saturated heterocycles. The summed E-state index contributed by atoms with van der Waals surface area (Å²) in [6.45, 7) is 0.409. The zero-order valence-corrected chi connectivity index (χ0v) is 12.2. The van der Waals surface area contributed by atoms with Crippen LogP contribution in [0.4, 0.5) is 5.69 Å². The van der Waals surface area contributed by atoms with Crippen LogP contribution in [0.3, 0.4) is 0 Å². The molecule has 1 atom stereocenters. The van der Waals surface area contributed by atoms with Gasteiger partial charge in [-0.2, -0.15) is 0 Å². The molecule has 0 spiro atoms. The Bertz CT molecular complexity index is 711. The van der Waals surface area contributed by atoms with Crippen LogP contribution in [0.1, 0.15) is 18.4 Å². The Balaban J connectivity index is 1.92. The number of nitrogens with zero attached hydrogens (tertiary/aromatic N) is 2. The molecule has 2 aliphatic heterocycles. The van der Waals surface area contributed by atoms with Gasteiger partial charge in [0.05, 0.1) is 28.8 Å². The first-order chi connectivity index (χ1) is 10.0. The lowest BCUT2D eigenvalue weighted by molar-refractivity contribution is -0.121. The molecule has 6 nitrogen and oxygen atoms in total. The molecule has 2 aliphatic rings. The minimum Gasteiger partial charge on any atom is -0.411 e. The molecular formula is C14H16N2O4S. The van der Waals surface area contributed by atoms with Gasteiger partial charge in [-0.1, -0.05) is 23.4 Å². The third-order valence-corrected chi connectivity index (χ3v) is 5.81. The molecule has 0 bridgehead atoms. The number of amides is 1. The third-order valence-electron chi connectivity index (χ3n) is 4.05. The van der Waals surface area contributed by atoms with E-state index in [9.17, 15) is 13.2 Å². The Morgan fingerprint density at radius 3 is 2.76 bits per heavy atom. The highest BCUT2D eigenvalue weighted by Gasteiger charge is 2.37. The van der Waals surface area contributed by atoms with Crippen LogP contribution in [0.15, 0.2) is 29.4 Å². The van der Waals surface area contributed by atoms with E-state index in [4.69, 9.17) is 5.21 Å². The molecule has 1 aromatic carbocycles. The molecule has 0 saturated carbocycles. The number of rotatable bonds is 1. The number of carbonyl (C=O) groups excluding carboxylic acids is 1. The van der Waals surface area contributed by atoms with E-state index >= 15 is 0 Å². The van der Waals surface area contributed by atoms with E-state index in [1.807, 2.05) is 12.1 Å². The molecule has 2 heterocycles. The monoisotopic (exact) mass is 308 g/mol. The topological polar surface area (TPSA) is 87.0 Å². The van der Waals surface area contributed by atoms with Crippen molar-refractivity contribution in [3.8, 4) is 0 Å². The number of carbonyl (C=O) groups is 1. The van der Waals surface area contributed by atoms with Crippen molar-refractivity contribution in [2.24, 2.45) is 11.1 Å². The normalized spacial score (nSPS) is 25.8. The maximum absolute atomic E-state index is 12.6. The Hall–Kier alpha value is -1.89. The zero-order chi connectivity index (χ0) is 15.0. The molecule has 0 aromatic heterocycles. The number of fused-ring (bicyclic) bond motifs is 1. The van der Waals surface area contributed by atoms with E-state index in [1.54, 1.807) is 17.0 Å². The molecule has 1 unspecified atom stereocenters. The van der Waals surface area contributed by atoms with Gasteiger partial charge in [0.25, 0.3) is 0 Å². The van der Waals surface area contributed by atoms with Crippen LogP contribution in [0.5, 0.6) is 0 Å². The predicted molar refractivity (Wildman–Crippen MR) is 78.5 cm³/mol. The van der Waals surface area contributed by atoms with E-state index < -0.39 is 15.8 Å². The summed E-state index contributed by atoms with van der Waals surface area (Å²) in [5.41, 5.74) is 1.96. The highest BCUT2D eigenvalue weighted by molar-refractivity contribution is 7.91. The van der Waals surface area contributed by atoms with Crippen LogP contribution in [0, 0.1) is 5.92 Å². The summed E-state index contributed by atoms with van der Waals surface area (Å²) < 4.78 is 23.1. The number of benzene rings is 1. The fourth-order valence-electron chi connectivity index (χ4n) is 2.97. The quantitative estimate of drug-likeness (QED) is 0.620. The molecule has 0 aliphatic carbocycles. The molecule has 1 aromatic rings. The summed E-state index contributed by atoms with van der Waals surface area (Å²) in [6.07, 6.45) is 0.847. The molecule has 21 heavy (non-hydrogen) atoms. The average Bonchev–Trinajstić information content (AvgIpc) is 2.85. The van der Waals surface area contributed by atoms with Crippen LogP contribution < -0.4 is 4.90 Å². The van der Waals surface area contributed by atoms with Crippen LogP contribution in [0.2, 0.25) is 0 Å². The minimum absolute atomic E-state index is 0.0640. The molecule has 1 N–H and O–H groups in total. The van der Waals surface area contributed by atoms with Crippen molar-refractivity contribution < 1.29 is 18.4 Å². The summed E-state index contributed by atoms with van der Waals surface area (Å²) in [5, 5.41) is 12.3. The Labute approximate surface area is 123 Å². The van der Waals surface area contributed by atoms with Crippen molar-refractivity contribution in [1.29, 1.82) is 0 Å². The highest BCUT2D eigenvalue weighted by atomic mass is 32.2. The fraction of sp³-hybridized carbons (Fsp3) is 0.429. The average molecular weight is 308 g/mol. The van der Waals surface area contributed by atoms with E-state index in [1.165, 1.54) is 0 Å². The second-order valence-corrected chi connectivity index (χ2v) is 7.63. The van der Waals surface area contributed by atoms with E-state index in [-0.39, 0.29) is 17.4 Å². The van der Waals surface area contributed by atoms with Crippen LogP contribution >= 0.6 is 0 Å². The Kier molecular flexibility index (Phi) is 3.44. The number of oxime groups is 1. The SMILES string of the molecule is O=C(C1CCS(=O)(=O)C1)N1CCC(=NO)c2ccccc21. The first kappa shape index (κ1) is 14.1. The smallest absolute Gasteiger partial charge is 0.231 e. The zero-order valence-electron chi connectivity index (χ0n) is 11.4. The van der Waals surface area contributed by atoms with Crippen molar-refractivity contribution in [2.75, 3.05) is 23.0 Å². The molecular weight excluding hydrogens is 292 g/mol. The number of para-hydroxylation sites is 1. The number of anilines is 1. The third kappa shape index (κ3) is 2.53. The van der Waals surface area contributed by atoms with Crippen molar-refractivity contribution in [3.05, 3.63) is 29.8 Å². The lowest BCUT2D eigenvalue weighted by atomic mass is 9.97. The maximum Gasteiger partial charge on any atom is 0.231 e. The first-order valence-corrected chi connectivity index (χ1v) is 8.66. The van der Waals surface area contributed by atoms with Gasteiger partial charge >= 0.3 is 0 Å². The molecule has 0 radical (unpaired) electrons. The fourth-order valence-corrected chi connectivity index (χ4v) is 4.70. The Morgan fingerprint density at radius 2 is 2.10 bits per heavy atom. The standard InChI is InChI=1S/C14H16N2O4S/c17-14(10-6-8-21(19,20)9-10)16-7-5-12(15-18)11-3-1-2-4-13(11)16/h1-4,10,18H,5-9H2. The lowest BCUT2D eigenvalue weighted by Crippen LogP contribution is -2.41. The van der Waals surface area contributed by atoms with Crippen molar-refractivity contribution >= 4 is 27.1 Å². The minimum atomic E-state index is -3.08. The van der Waals surface area contributed by atoms with Crippen LogP contribution in [-0.4, -0.2) is 43.3 Å². The van der Waals surface area contributed by atoms with Crippen molar-refractivity contribution in [2.45, 2.75) is 12.8 Å². The van der Waals surface area contributed by atoms with Gasteiger partial charge < -0.3 is 10.1 Å². The molecule has 7 heteroatoms. The van der Waals surface area contributed by atoms with E-state index in [0.29, 0.717) is 30.8 Å². The van der Waals surface area contributed by atoms with Crippen molar-refractivity contribution in [3.63, 3.8) is 0 Å². The largest absolute Gasteiger partial charge is 0.411 e. The summed E-state index contributed by atoms with van der Waals surface area (Å²) in [4.78, 5) is 14.2. The van der Waals surface area contributed by atoms with Gasteiger partial charge in [0.2, 0.25) is 5.91 Å². The Morgan fingerprint density at radius 1 is 1.33 bits per heavy atom. The van der Waals surface area contributed by atoms with E-state index in [2.05, 4.69) is 5.16 Å². The van der Waals surface area contributed by atoms with Crippen LogP contribution in [0.25, 0.3) is 0 Å². The van der Waals surface area contributed by atoms with Gasteiger partial charge in [0.1, 0.15) is 0 Å². The molecule has 3 rings (SSSR count). The summed E-state index contributed by atoms with van der Waals surface area (Å²) in [5.74, 6) is -0.593. The second-order valence-electron chi connectivity index (χ2n) is 5.40. The summed E-state index contributed by atoms with van der Waals surface area (Å²) in [6, 6.07) is 7.22. The number of hydrogen-bond donors (Lipinski definition) is 1. The molecule has 1 amide bonds. The van der Waals surface area contributed by atoms with Gasteiger partial charge in [-0.25, -0.2) is 8.42 Å². The van der Waals surface area contributed by atoms with Gasteiger partial charge in [0, 0.05) is 18.5 Å². The number of sulfone groups is 1. The second kappa shape index (κ2) is 5.14. The van der Waals surface area contributed by atoms with E-state index in [0.717, 1.165) is 5.56 Å².